The second-order valence-corrected chi connectivity index (χ2v) is 10.8. The lowest BCUT2D eigenvalue weighted by Crippen LogP contribution is -2.35. The van der Waals surface area contributed by atoms with Gasteiger partial charge in [-0.3, -0.25) is 14.4 Å². The van der Waals surface area contributed by atoms with E-state index in [1.165, 1.54) is 0 Å². The van der Waals surface area contributed by atoms with Crippen molar-refractivity contribution in [1.82, 2.24) is 10.6 Å². The van der Waals surface area contributed by atoms with E-state index in [2.05, 4.69) is 10.6 Å². The quantitative estimate of drug-likeness (QED) is 0.443. The van der Waals surface area contributed by atoms with Crippen molar-refractivity contribution in [2.24, 2.45) is 5.92 Å². The molecule has 4 rings (SSSR count). The van der Waals surface area contributed by atoms with Crippen molar-refractivity contribution in [2.75, 3.05) is 6.54 Å². The Labute approximate surface area is 229 Å². The third-order valence-electron chi connectivity index (χ3n) is 7.38. The molecule has 6 nitrogen and oxygen atoms in total. The summed E-state index contributed by atoms with van der Waals surface area (Å²) in [6.45, 7) is 6.40. The number of hydrogen-bond acceptors (Lipinski definition) is 4. The monoisotopic (exact) mass is 534 g/mol. The standard InChI is InChI=1S/C31H35ClN2O4/c1-19-13-20(2)27(28(35)14-19)18-34-31(37)26-15-24(32)16-29(21(26)3)38-25-11-9-23(10-12-25)30(36)33-17-22-7-5-4-6-8-22/h4-8,14-16,23,25H,9-13,17-18H2,1-3H3,(H,33,36)(H,34,37). The van der Waals surface area contributed by atoms with Crippen LogP contribution in [0.15, 0.2) is 65.3 Å². The number of nitrogens with one attached hydrogen (secondary N) is 2. The first-order valence-corrected chi connectivity index (χ1v) is 13.6. The number of hydrogen-bond donors (Lipinski definition) is 2. The summed E-state index contributed by atoms with van der Waals surface area (Å²) in [4.78, 5) is 38.1. The summed E-state index contributed by atoms with van der Waals surface area (Å²) in [5.74, 6) is 0.273. The molecule has 0 heterocycles. The highest BCUT2D eigenvalue weighted by Gasteiger charge is 2.28. The van der Waals surface area contributed by atoms with Crippen LogP contribution in [0.25, 0.3) is 0 Å². The van der Waals surface area contributed by atoms with Crippen molar-refractivity contribution >= 4 is 29.2 Å². The molecule has 200 valence electrons. The largest absolute Gasteiger partial charge is 0.490 e. The van der Waals surface area contributed by atoms with E-state index in [1.54, 1.807) is 18.2 Å². The summed E-state index contributed by atoms with van der Waals surface area (Å²) in [6.07, 6.45) is 5.31. The Morgan fingerprint density at radius 2 is 1.68 bits per heavy atom. The van der Waals surface area contributed by atoms with Crippen LogP contribution < -0.4 is 15.4 Å². The normalized spacial score (nSPS) is 19.6. The van der Waals surface area contributed by atoms with Gasteiger partial charge in [-0.2, -0.15) is 0 Å². The van der Waals surface area contributed by atoms with Crippen LogP contribution in [0.2, 0.25) is 5.02 Å². The van der Waals surface area contributed by atoms with Gasteiger partial charge in [-0.25, -0.2) is 0 Å². The van der Waals surface area contributed by atoms with Crippen LogP contribution in [0.5, 0.6) is 5.75 Å². The van der Waals surface area contributed by atoms with E-state index in [9.17, 15) is 14.4 Å². The van der Waals surface area contributed by atoms with E-state index in [-0.39, 0.29) is 36.2 Å². The molecule has 0 saturated heterocycles. The average Bonchev–Trinajstić information content (AvgIpc) is 2.89. The smallest absolute Gasteiger partial charge is 0.252 e. The van der Waals surface area contributed by atoms with Crippen molar-refractivity contribution in [3.63, 3.8) is 0 Å². The lowest BCUT2D eigenvalue weighted by molar-refractivity contribution is -0.126. The highest BCUT2D eigenvalue weighted by atomic mass is 35.5. The molecule has 1 fully saturated rings. The van der Waals surface area contributed by atoms with Gasteiger partial charge in [0.05, 0.1) is 6.10 Å². The molecule has 0 bridgehead atoms. The maximum absolute atomic E-state index is 13.0. The van der Waals surface area contributed by atoms with Gasteiger partial charge in [-0.05, 0) is 76.6 Å². The van der Waals surface area contributed by atoms with Crippen molar-refractivity contribution in [3.8, 4) is 5.75 Å². The molecule has 0 unspecified atom stereocenters. The Bertz CT molecular complexity index is 1270. The fraction of sp³-hybridized carbons (Fsp3) is 0.387. The van der Waals surface area contributed by atoms with E-state index in [0.29, 0.717) is 34.0 Å². The van der Waals surface area contributed by atoms with Crippen LogP contribution in [0.4, 0.5) is 0 Å². The fourth-order valence-electron chi connectivity index (χ4n) is 5.16. The van der Waals surface area contributed by atoms with Crippen molar-refractivity contribution in [2.45, 2.75) is 65.5 Å². The minimum Gasteiger partial charge on any atom is -0.490 e. The second kappa shape index (κ2) is 12.4. The Morgan fingerprint density at radius 3 is 2.37 bits per heavy atom. The maximum Gasteiger partial charge on any atom is 0.252 e. The van der Waals surface area contributed by atoms with E-state index in [1.807, 2.05) is 51.1 Å². The van der Waals surface area contributed by atoms with Crippen molar-refractivity contribution < 1.29 is 19.1 Å². The summed E-state index contributed by atoms with van der Waals surface area (Å²) in [6, 6.07) is 13.2. The first-order valence-electron chi connectivity index (χ1n) is 13.2. The fourth-order valence-corrected chi connectivity index (χ4v) is 5.37. The third kappa shape index (κ3) is 6.93. The van der Waals surface area contributed by atoms with Gasteiger partial charge in [-0.1, -0.05) is 53.1 Å². The maximum atomic E-state index is 13.0. The number of rotatable bonds is 8. The van der Waals surface area contributed by atoms with Crippen LogP contribution in [0.1, 0.15) is 67.4 Å². The molecule has 2 aliphatic rings. The van der Waals surface area contributed by atoms with Gasteiger partial charge < -0.3 is 15.4 Å². The molecule has 0 atom stereocenters. The Hall–Kier alpha value is -3.38. The van der Waals surface area contributed by atoms with Gasteiger partial charge in [0.15, 0.2) is 5.78 Å². The molecule has 1 saturated carbocycles. The molecule has 38 heavy (non-hydrogen) atoms. The van der Waals surface area contributed by atoms with Crippen LogP contribution in [-0.4, -0.2) is 30.2 Å². The Kier molecular flexibility index (Phi) is 9.05. The first kappa shape index (κ1) is 27.6. The molecule has 7 heteroatoms. The SMILES string of the molecule is CC1=CC(=O)C(CNC(=O)c2cc(Cl)cc(OC3CCC(C(=O)NCc4ccccc4)CC3)c2C)=C(C)C1. The zero-order valence-corrected chi connectivity index (χ0v) is 23.0. The third-order valence-corrected chi connectivity index (χ3v) is 7.60. The van der Waals surface area contributed by atoms with Crippen LogP contribution in [0, 0.1) is 12.8 Å². The van der Waals surface area contributed by atoms with Crippen LogP contribution in [-0.2, 0) is 16.1 Å². The number of amides is 2. The predicted octanol–water partition coefficient (Wildman–Crippen LogP) is 5.87. The minimum atomic E-state index is -0.298. The average molecular weight is 535 g/mol. The minimum absolute atomic E-state index is 0.0285. The number of allylic oxidation sites excluding steroid dienone is 3. The summed E-state index contributed by atoms with van der Waals surface area (Å²) < 4.78 is 6.29. The van der Waals surface area contributed by atoms with Gasteiger partial charge in [-0.15, -0.1) is 0 Å². The van der Waals surface area contributed by atoms with Gasteiger partial charge in [0.2, 0.25) is 5.91 Å². The van der Waals surface area contributed by atoms with E-state index in [4.69, 9.17) is 16.3 Å². The van der Waals surface area contributed by atoms with Crippen LogP contribution >= 0.6 is 11.6 Å². The van der Waals surface area contributed by atoms with Crippen molar-refractivity contribution in [3.05, 3.63) is 87.0 Å². The number of carbonyl (C=O) groups excluding carboxylic acids is 3. The molecule has 0 spiro atoms. The number of benzene rings is 2. The molecule has 0 radical (unpaired) electrons. The molecule has 2 N–H and O–H groups in total. The molecule has 2 amide bonds. The number of carbonyl (C=O) groups is 3. The zero-order chi connectivity index (χ0) is 27.2. The molecular formula is C31H35ClN2O4. The number of ether oxygens (including phenoxy) is 1. The number of ketones is 1. The Morgan fingerprint density at radius 1 is 0.974 bits per heavy atom. The summed E-state index contributed by atoms with van der Waals surface area (Å²) >= 11 is 6.36. The second-order valence-electron chi connectivity index (χ2n) is 10.3. The number of halogens is 1. The predicted molar refractivity (Wildman–Crippen MR) is 149 cm³/mol. The van der Waals surface area contributed by atoms with Crippen molar-refractivity contribution in [1.29, 1.82) is 0 Å². The highest BCUT2D eigenvalue weighted by Crippen LogP contribution is 2.32. The molecular weight excluding hydrogens is 500 g/mol. The lowest BCUT2D eigenvalue weighted by atomic mass is 9.86. The molecule has 0 aromatic heterocycles. The Balaban J connectivity index is 1.32. The van der Waals surface area contributed by atoms with E-state index >= 15 is 0 Å². The molecule has 0 aliphatic heterocycles. The summed E-state index contributed by atoms with van der Waals surface area (Å²) in [7, 11) is 0. The van der Waals surface area contributed by atoms with Gasteiger partial charge in [0, 0.05) is 40.7 Å². The van der Waals surface area contributed by atoms with Gasteiger partial charge in [0.1, 0.15) is 5.75 Å². The summed E-state index contributed by atoms with van der Waals surface area (Å²) in [5, 5.41) is 6.33. The first-order chi connectivity index (χ1) is 18.2. The molecule has 2 aromatic rings. The van der Waals surface area contributed by atoms with Gasteiger partial charge in [0.25, 0.3) is 5.91 Å². The topological polar surface area (TPSA) is 84.5 Å². The van der Waals surface area contributed by atoms with Gasteiger partial charge >= 0.3 is 0 Å². The van der Waals surface area contributed by atoms with E-state index in [0.717, 1.165) is 48.8 Å². The highest BCUT2D eigenvalue weighted by molar-refractivity contribution is 6.31. The zero-order valence-electron chi connectivity index (χ0n) is 22.2. The van der Waals surface area contributed by atoms with E-state index < -0.39 is 0 Å². The summed E-state index contributed by atoms with van der Waals surface area (Å²) in [5.41, 5.74) is 4.84. The molecule has 2 aromatic carbocycles. The lowest BCUT2D eigenvalue weighted by Gasteiger charge is -2.29. The van der Waals surface area contributed by atoms with Crippen LogP contribution in [0.3, 0.4) is 0 Å². The molecule has 2 aliphatic carbocycles.